The first-order valence-corrected chi connectivity index (χ1v) is 7.37. The maximum atomic E-state index is 9.99. The highest BCUT2D eigenvalue weighted by Crippen LogP contribution is 2.21. The van der Waals surface area contributed by atoms with Crippen LogP contribution in [0.4, 0.5) is 0 Å². The van der Waals surface area contributed by atoms with Crippen molar-refractivity contribution in [2.45, 2.75) is 70.8 Å². The molecule has 1 rings (SSSR count). The van der Waals surface area contributed by atoms with Gasteiger partial charge >= 0.3 is 0 Å². The fourth-order valence-electron chi connectivity index (χ4n) is 2.09. The topological polar surface area (TPSA) is 117 Å². The first kappa shape index (κ1) is 18.3. The summed E-state index contributed by atoms with van der Waals surface area (Å²) in [6.07, 6.45) is -1.58. The van der Waals surface area contributed by atoms with Gasteiger partial charge in [0.1, 0.15) is 24.0 Å². The molecule has 7 atom stereocenters. The number of rotatable bonds is 6. The highest BCUT2D eigenvalue weighted by molar-refractivity contribution is 5.00. The van der Waals surface area contributed by atoms with Crippen molar-refractivity contribution in [3.05, 3.63) is 11.8 Å². The number of hydrogen-bond donors (Lipinski definition) is 5. The van der Waals surface area contributed by atoms with E-state index >= 15 is 0 Å². The van der Waals surface area contributed by atoms with Crippen LogP contribution in [0.3, 0.4) is 0 Å². The molecule has 0 aliphatic carbocycles. The zero-order valence-corrected chi connectivity index (χ0v) is 13.1. The monoisotopic (exact) mass is 304 g/mol. The number of hydroxylamine groups is 1. The van der Waals surface area contributed by atoms with Crippen molar-refractivity contribution >= 4 is 0 Å². The molecule has 7 heteroatoms. The number of nitrogens with two attached hydrogens (primary N) is 1. The van der Waals surface area contributed by atoms with E-state index in [0.29, 0.717) is 5.76 Å². The summed E-state index contributed by atoms with van der Waals surface area (Å²) in [4.78, 5) is 5.49. The van der Waals surface area contributed by atoms with Gasteiger partial charge in [0.05, 0.1) is 6.10 Å². The van der Waals surface area contributed by atoms with Crippen LogP contribution < -0.4 is 11.2 Å². The number of hydrogen-bond acceptors (Lipinski definition) is 7. The molecule has 0 radical (unpaired) electrons. The van der Waals surface area contributed by atoms with Crippen LogP contribution in [0.5, 0.6) is 0 Å². The highest BCUT2D eigenvalue weighted by Gasteiger charge is 2.42. The van der Waals surface area contributed by atoms with Crippen LogP contribution in [0, 0.1) is 5.92 Å². The van der Waals surface area contributed by atoms with Gasteiger partial charge in [-0.25, -0.2) is 0 Å². The van der Waals surface area contributed by atoms with Crippen LogP contribution in [0.1, 0.15) is 34.1 Å². The van der Waals surface area contributed by atoms with Crippen LogP contribution >= 0.6 is 0 Å². The Morgan fingerprint density at radius 3 is 2.48 bits per heavy atom. The Labute approximate surface area is 125 Å². The van der Waals surface area contributed by atoms with E-state index in [0.717, 1.165) is 6.42 Å². The molecule has 21 heavy (non-hydrogen) atoms. The van der Waals surface area contributed by atoms with Gasteiger partial charge in [-0.1, -0.05) is 13.8 Å². The summed E-state index contributed by atoms with van der Waals surface area (Å²) in [7, 11) is 0. The zero-order chi connectivity index (χ0) is 16.2. The molecule has 0 amide bonds. The van der Waals surface area contributed by atoms with E-state index < -0.39 is 30.6 Å². The van der Waals surface area contributed by atoms with Crippen LogP contribution in [-0.4, -0.2) is 52.0 Å². The molecule has 1 heterocycles. The molecule has 0 aromatic rings. The second-order valence-electron chi connectivity index (χ2n) is 5.62. The van der Waals surface area contributed by atoms with E-state index in [9.17, 15) is 15.3 Å². The Bertz CT molecular complexity index is 350. The average Bonchev–Trinajstić information content (AvgIpc) is 2.42. The van der Waals surface area contributed by atoms with Crippen molar-refractivity contribution in [1.82, 2.24) is 5.48 Å². The maximum Gasteiger partial charge on any atom is 0.176 e. The van der Waals surface area contributed by atoms with Gasteiger partial charge in [-0.2, -0.15) is 0 Å². The summed E-state index contributed by atoms with van der Waals surface area (Å²) in [6, 6.07) is -1.05. The smallest absolute Gasteiger partial charge is 0.176 e. The summed E-state index contributed by atoms with van der Waals surface area (Å²) < 4.78 is 5.14. The quantitative estimate of drug-likeness (QED) is 0.335. The molecular formula is C14H28N2O5. The summed E-state index contributed by atoms with van der Waals surface area (Å²) >= 11 is 0. The molecule has 7 nitrogen and oxygen atoms in total. The van der Waals surface area contributed by atoms with Crippen molar-refractivity contribution in [2.75, 3.05) is 0 Å². The number of allylic oxidation sites excluding steroid dienone is 1. The lowest BCUT2D eigenvalue weighted by Crippen LogP contribution is -2.61. The minimum absolute atomic E-state index is 0.0277. The predicted molar refractivity (Wildman–Crippen MR) is 77.8 cm³/mol. The Hall–Kier alpha value is -0.700. The molecule has 0 spiro atoms. The lowest BCUT2D eigenvalue weighted by Gasteiger charge is -2.39. The van der Waals surface area contributed by atoms with Crippen molar-refractivity contribution in [2.24, 2.45) is 11.7 Å². The fraction of sp³-hybridized carbons (Fsp3) is 0.857. The Morgan fingerprint density at radius 1 is 1.33 bits per heavy atom. The summed E-state index contributed by atoms with van der Waals surface area (Å²) in [5.41, 5.74) is 8.44. The van der Waals surface area contributed by atoms with E-state index in [1.54, 1.807) is 6.92 Å². The largest absolute Gasteiger partial charge is 0.413 e. The van der Waals surface area contributed by atoms with Crippen LogP contribution in [0.2, 0.25) is 0 Å². The van der Waals surface area contributed by atoms with Gasteiger partial charge in [0.2, 0.25) is 0 Å². The first-order valence-electron chi connectivity index (χ1n) is 7.37. The first-order chi connectivity index (χ1) is 9.79. The standard InChI is InChI=1S/C14H28N2O5/c1-5-6-10(7(2)8(3)15)21-16-11-13(18)12(17)9(4)20-14(11)19/h6-9,11-14,16-19H,5,15H2,1-4H3/t7?,8?,9?,11?,12?,13-,14?/m1/s1. The molecule has 0 bridgehead atoms. The molecule has 0 aromatic carbocycles. The number of aliphatic hydroxyl groups is 3. The maximum absolute atomic E-state index is 9.99. The van der Waals surface area contributed by atoms with Gasteiger partial charge in [0.25, 0.3) is 0 Å². The number of ether oxygens (including phenoxy) is 1. The zero-order valence-electron chi connectivity index (χ0n) is 13.1. The molecule has 0 saturated carbocycles. The van der Waals surface area contributed by atoms with Gasteiger partial charge in [-0.15, -0.1) is 5.48 Å². The third kappa shape index (κ3) is 4.64. The second-order valence-corrected chi connectivity index (χ2v) is 5.62. The third-order valence-corrected chi connectivity index (χ3v) is 3.82. The predicted octanol–water partition coefficient (Wildman–Crippen LogP) is -0.388. The Kier molecular flexibility index (Phi) is 7.05. The van der Waals surface area contributed by atoms with Crippen molar-refractivity contribution in [1.29, 1.82) is 0 Å². The SMILES string of the molecule is CCC=C(ONC1C(O)OC(C)C(O)[C@@H]1O)C(C)C(C)N. The lowest BCUT2D eigenvalue weighted by atomic mass is 9.98. The van der Waals surface area contributed by atoms with Crippen LogP contribution in [0.25, 0.3) is 0 Å². The minimum Gasteiger partial charge on any atom is -0.413 e. The fourth-order valence-corrected chi connectivity index (χ4v) is 2.09. The van der Waals surface area contributed by atoms with E-state index in [1.807, 2.05) is 26.8 Å². The summed E-state index contributed by atoms with van der Waals surface area (Å²) in [6.45, 7) is 7.34. The molecule has 124 valence electrons. The third-order valence-electron chi connectivity index (χ3n) is 3.82. The molecular weight excluding hydrogens is 276 g/mol. The molecule has 6 N–H and O–H groups in total. The van der Waals surface area contributed by atoms with Crippen LogP contribution in [0.15, 0.2) is 11.8 Å². The molecule has 1 aliphatic rings. The van der Waals surface area contributed by atoms with Crippen molar-refractivity contribution in [3.63, 3.8) is 0 Å². The van der Waals surface area contributed by atoms with Gasteiger partial charge in [0, 0.05) is 12.0 Å². The van der Waals surface area contributed by atoms with E-state index in [1.165, 1.54) is 0 Å². The Balaban J connectivity index is 2.69. The summed E-state index contributed by atoms with van der Waals surface area (Å²) in [5, 5.41) is 29.6. The normalized spacial score (nSPS) is 37.1. The summed E-state index contributed by atoms with van der Waals surface area (Å²) in [5.74, 6) is 0.597. The van der Waals surface area contributed by atoms with E-state index in [2.05, 4.69) is 5.48 Å². The van der Waals surface area contributed by atoms with Crippen molar-refractivity contribution < 1.29 is 24.9 Å². The molecule has 0 aromatic heterocycles. The Morgan fingerprint density at radius 2 is 1.95 bits per heavy atom. The number of nitrogens with one attached hydrogen (secondary N) is 1. The van der Waals surface area contributed by atoms with Gasteiger partial charge < -0.3 is 30.6 Å². The van der Waals surface area contributed by atoms with E-state index in [-0.39, 0.29) is 12.0 Å². The average molecular weight is 304 g/mol. The van der Waals surface area contributed by atoms with Gasteiger partial charge in [-0.3, -0.25) is 0 Å². The molecule has 1 fully saturated rings. The molecule has 6 unspecified atom stereocenters. The highest BCUT2D eigenvalue weighted by atomic mass is 16.7. The molecule has 1 saturated heterocycles. The number of aliphatic hydroxyl groups excluding tert-OH is 3. The second kappa shape index (κ2) is 8.07. The van der Waals surface area contributed by atoms with E-state index in [4.69, 9.17) is 15.3 Å². The van der Waals surface area contributed by atoms with Crippen LogP contribution in [-0.2, 0) is 9.57 Å². The van der Waals surface area contributed by atoms with Crippen molar-refractivity contribution in [3.8, 4) is 0 Å². The minimum atomic E-state index is -1.27. The lowest BCUT2D eigenvalue weighted by molar-refractivity contribution is -0.257. The molecule has 1 aliphatic heterocycles. The van der Waals surface area contributed by atoms with Gasteiger partial charge in [-0.05, 0) is 26.3 Å². The van der Waals surface area contributed by atoms with Gasteiger partial charge in [0.15, 0.2) is 6.29 Å².